The van der Waals surface area contributed by atoms with Gasteiger partial charge in [0.05, 0.1) is 5.52 Å². The van der Waals surface area contributed by atoms with Gasteiger partial charge in [0.2, 0.25) is 0 Å². The summed E-state index contributed by atoms with van der Waals surface area (Å²) in [5, 5.41) is 1.00. The van der Waals surface area contributed by atoms with Gasteiger partial charge in [0.1, 0.15) is 11.5 Å². The number of nitrogens with zero attached hydrogens (tertiary/aromatic N) is 1. The summed E-state index contributed by atoms with van der Waals surface area (Å²) < 4.78 is 6.03. The minimum atomic E-state index is 0.0442. The molecule has 0 aliphatic heterocycles. The second kappa shape index (κ2) is 5.94. The summed E-state index contributed by atoms with van der Waals surface area (Å²) in [5.41, 5.74) is 8.10. The van der Waals surface area contributed by atoms with Crippen molar-refractivity contribution < 1.29 is 4.74 Å². The van der Waals surface area contributed by atoms with E-state index in [1.807, 2.05) is 54.6 Å². The Bertz CT molecular complexity index is 750. The first kappa shape index (κ1) is 13.6. The van der Waals surface area contributed by atoms with Crippen molar-refractivity contribution in [1.82, 2.24) is 4.98 Å². The molecule has 21 heavy (non-hydrogen) atoms. The first-order valence-electron chi connectivity index (χ1n) is 7.15. The van der Waals surface area contributed by atoms with Crippen LogP contribution < -0.4 is 10.5 Å². The topological polar surface area (TPSA) is 48.1 Å². The minimum Gasteiger partial charge on any atom is -0.457 e. The third kappa shape index (κ3) is 2.88. The van der Waals surface area contributed by atoms with Gasteiger partial charge in [0.15, 0.2) is 0 Å². The fourth-order valence-electron chi connectivity index (χ4n) is 2.34. The molecule has 2 N–H and O–H groups in total. The molecule has 0 radical (unpaired) electrons. The van der Waals surface area contributed by atoms with E-state index in [1.165, 1.54) is 0 Å². The van der Waals surface area contributed by atoms with Crippen LogP contribution in [0.5, 0.6) is 11.5 Å². The average molecular weight is 278 g/mol. The van der Waals surface area contributed by atoms with E-state index in [2.05, 4.69) is 11.9 Å². The van der Waals surface area contributed by atoms with E-state index in [4.69, 9.17) is 10.5 Å². The van der Waals surface area contributed by atoms with E-state index in [0.29, 0.717) is 0 Å². The Hall–Kier alpha value is -2.39. The van der Waals surface area contributed by atoms with Gasteiger partial charge in [-0.1, -0.05) is 25.1 Å². The molecule has 0 saturated carbocycles. The van der Waals surface area contributed by atoms with Gasteiger partial charge in [-0.15, -0.1) is 0 Å². The van der Waals surface area contributed by atoms with E-state index >= 15 is 0 Å². The second-order valence-corrected chi connectivity index (χ2v) is 5.02. The molecule has 1 heterocycles. The molecule has 3 nitrogen and oxygen atoms in total. The number of rotatable bonds is 4. The molecular formula is C18H18N2O. The van der Waals surface area contributed by atoms with Crippen molar-refractivity contribution in [2.75, 3.05) is 0 Å². The Morgan fingerprint density at radius 1 is 1.10 bits per heavy atom. The molecule has 0 aliphatic carbocycles. The molecule has 1 unspecified atom stereocenters. The fourth-order valence-corrected chi connectivity index (χ4v) is 2.34. The fraction of sp³-hybridized carbons (Fsp3) is 0.167. The molecule has 3 aromatic rings. The zero-order valence-corrected chi connectivity index (χ0v) is 12.0. The summed E-state index contributed by atoms with van der Waals surface area (Å²) in [6.45, 7) is 2.08. The zero-order valence-electron chi connectivity index (χ0n) is 12.0. The first-order chi connectivity index (χ1) is 10.3. The van der Waals surface area contributed by atoms with Crippen molar-refractivity contribution in [1.29, 1.82) is 0 Å². The molecule has 0 saturated heterocycles. The number of hydrogen-bond donors (Lipinski definition) is 1. The smallest absolute Gasteiger partial charge is 0.136 e. The third-order valence-corrected chi connectivity index (χ3v) is 3.56. The summed E-state index contributed by atoms with van der Waals surface area (Å²) in [5.74, 6) is 1.61. The van der Waals surface area contributed by atoms with Crippen molar-refractivity contribution in [2.45, 2.75) is 19.4 Å². The van der Waals surface area contributed by atoms with E-state index in [0.717, 1.165) is 34.4 Å². The Morgan fingerprint density at radius 3 is 2.81 bits per heavy atom. The molecule has 0 aliphatic rings. The zero-order chi connectivity index (χ0) is 14.7. The van der Waals surface area contributed by atoms with Crippen LogP contribution >= 0.6 is 0 Å². The van der Waals surface area contributed by atoms with Crippen LogP contribution in [-0.2, 0) is 0 Å². The van der Waals surface area contributed by atoms with Crippen LogP contribution in [0.4, 0.5) is 0 Å². The largest absolute Gasteiger partial charge is 0.457 e. The van der Waals surface area contributed by atoms with Crippen LogP contribution in [0.25, 0.3) is 10.9 Å². The Labute approximate surface area is 124 Å². The molecular weight excluding hydrogens is 260 g/mol. The Balaban J connectivity index is 1.95. The minimum absolute atomic E-state index is 0.0442. The number of aromatic nitrogens is 1. The molecule has 1 aromatic heterocycles. The first-order valence-corrected chi connectivity index (χ1v) is 7.15. The average Bonchev–Trinajstić information content (AvgIpc) is 2.55. The lowest BCUT2D eigenvalue weighted by Crippen LogP contribution is -2.08. The molecule has 2 aromatic carbocycles. The van der Waals surface area contributed by atoms with Gasteiger partial charge in [-0.05, 0) is 48.4 Å². The third-order valence-electron chi connectivity index (χ3n) is 3.56. The van der Waals surface area contributed by atoms with Gasteiger partial charge < -0.3 is 10.5 Å². The Kier molecular flexibility index (Phi) is 3.84. The van der Waals surface area contributed by atoms with Crippen LogP contribution in [0.3, 0.4) is 0 Å². The van der Waals surface area contributed by atoms with E-state index in [-0.39, 0.29) is 6.04 Å². The van der Waals surface area contributed by atoms with Crippen molar-refractivity contribution in [3.8, 4) is 11.5 Å². The monoisotopic (exact) mass is 278 g/mol. The van der Waals surface area contributed by atoms with Crippen LogP contribution in [0.2, 0.25) is 0 Å². The summed E-state index contributed by atoms with van der Waals surface area (Å²) in [7, 11) is 0. The maximum atomic E-state index is 6.08. The highest BCUT2D eigenvalue weighted by atomic mass is 16.5. The summed E-state index contributed by atoms with van der Waals surface area (Å²) in [4.78, 5) is 4.34. The van der Waals surface area contributed by atoms with Crippen LogP contribution in [-0.4, -0.2) is 4.98 Å². The SMILES string of the molecule is CCC(N)c1cccc(Oc2cccc3ncccc23)c1. The lowest BCUT2D eigenvalue weighted by molar-refractivity contribution is 0.486. The van der Waals surface area contributed by atoms with E-state index < -0.39 is 0 Å². The van der Waals surface area contributed by atoms with Crippen molar-refractivity contribution >= 4 is 10.9 Å². The highest BCUT2D eigenvalue weighted by molar-refractivity contribution is 5.85. The Morgan fingerprint density at radius 2 is 1.95 bits per heavy atom. The lowest BCUT2D eigenvalue weighted by atomic mass is 10.1. The predicted molar refractivity (Wildman–Crippen MR) is 85.5 cm³/mol. The highest BCUT2D eigenvalue weighted by Gasteiger charge is 2.07. The highest BCUT2D eigenvalue weighted by Crippen LogP contribution is 2.30. The number of benzene rings is 2. The normalized spacial score (nSPS) is 12.3. The maximum absolute atomic E-state index is 6.08. The number of fused-ring (bicyclic) bond motifs is 1. The number of pyridine rings is 1. The summed E-state index contributed by atoms with van der Waals surface area (Å²) >= 11 is 0. The molecule has 3 rings (SSSR count). The van der Waals surface area contributed by atoms with E-state index in [1.54, 1.807) is 6.20 Å². The van der Waals surface area contributed by atoms with Gasteiger partial charge >= 0.3 is 0 Å². The van der Waals surface area contributed by atoms with Crippen molar-refractivity contribution in [2.24, 2.45) is 5.73 Å². The van der Waals surface area contributed by atoms with Gasteiger partial charge in [-0.3, -0.25) is 4.98 Å². The van der Waals surface area contributed by atoms with Gasteiger partial charge in [0, 0.05) is 17.6 Å². The van der Waals surface area contributed by atoms with Crippen molar-refractivity contribution in [3.05, 3.63) is 66.4 Å². The molecule has 0 fully saturated rings. The summed E-state index contributed by atoms with van der Waals surface area (Å²) in [6.07, 6.45) is 2.69. The van der Waals surface area contributed by atoms with Crippen LogP contribution in [0.1, 0.15) is 24.9 Å². The van der Waals surface area contributed by atoms with Crippen molar-refractivity contribution in [3.63, 3.8) is 0 Å². The molecule has 106 valence electrons. The van der Waals surface area contributed by atoms with Gasteiger partial charge in [-0.25, -0.2) is 0 Å². The summed E-state index contributed by atoms with van der Waals surface area (Å²) in [6, 6.07) is 17.8. The second-order valence-electron chi connectivity index (χ2n) is 5.02. The molecule has 0 spiro atoms. The molecule has 3 heteroatoms. The number of nitrogens with two attached hydrogens (primary N) is 1. The molecule has 0 amide bonds. The standard InChI is InChI=1S/C18H18N2O/c1-2-16(19)13-6-3-7-14(12-13)21-18-10-4-9-17-15(18)8-5-11-20-17/h3-12,16H,2,19H2,1H3. The number of hydrogen-bond acceptors (Lipinski definition) is 3. The van der Waals surface area contributed by atoms with Gasteiger partial charge in [0.25, 0.3) is 0 Å². The lowest BCUT2D eigenvalue weighted by Gasteiger charge is -2.12. The molecule has 1 atom stereocenters. The quantitative estimate of drug-likeness (QED) is 0.767. The van der Waals surface area contributed by atoms with Crippen LogP contribution in [0.15, 0.2) is 60.8 Å². The maximum Gasteiger partial charge on any atom is 0.136 e. The van der Waals surface area contributed by atoms with E-state index in [9.17, 15) is 0 Å². The van der Waals surface area contributed by atoms with Gasteiger partial charge in [-0.2, -0.15) is 0 Å². The van der Waals surface area contributed by atoms with Crippen LogP contribution in [0, 0.1) is 0 Å². The molecule has 0 bridgehead atoms. The number of ether oxygens (including phenoxy) is 1. The predicted octanol–water partition coefficient (Wildman–Crippen LogP) is 4.44.